The number of carbonyl (C=O) groups is 1. The van der Waals surface area contributed by atoms with E-state index in [4.69, 9.17) is 0 Å². The summed E-state index contributed by atoms with van der Waals surface area (Å²) in [6, 6.07) is 5.60. The molecule has 1 aromatic carbocycles. The smallest absolute Gasteiger partial charge is 0.251 e. The molecule has 24 heavy (non-hydrogen) atoms. The van der Waals surface area contributed by atoms with Crippen molar-refractivity contribution < 1.29 is 9.18 Å². The third-order valence-corrected chi connectivity index (χ3v) is 4.57. The summed E-state index contributed by atoms with van der Waals surface area (Å²) in [6.45, 7) is 6.71. The van der Waals surface area contributed by atoms with Crippen LogP contribution in [0.1, 0.15) is 21.5 Å². The van der Waals surface area contributed by atoms with Gasteiger partial charge in [-0.15, -0.1) is 6.58 Å². The highest BCUT2D eigenvalue weighted by Gasteiger charge is 2.20. The van der Waals surface area contributed by atoms with Crippen molar-refractivity contribution in [2.45, 2.75) is 13.3 Å². The van der Waals surface area contributed by atoms with E-state index in [0.29, 0.717) is 28.9 Å². The van der Waals surface area contributed by atoms with E-state index in [2.05, 4.69) is 38.1 Å². The van der Waals surface area contributed by atoms with Gasteiger partial charge in [0.05, 0.1) is 4.47 Å². The molecule has 3 rings (SSSR count). The second kappa shape index (κ2) is 6.73. The van der Waals surface area contributed by atoms with Crippen LogP contribution in [0.4, 0.5) is 10.2 Å². The number of nitrogens with one attached hydrogen (secondary N) is 2. The fourth-order valence-corrected chi connectivity index (χ4v) is 3.16. The largest absolute Gasteiger partial charge is 0.366 e. The summed E-state index contributed by atoms with van der Waals surface area (Å²) in [4.78, 5) is 16.0. The number of pyridine rings is 1. The molecule has 0 spiro atoms. The number of hydrogen-bond acceptors (Lipinski definition) is 3. The Labute approximate surface area is 148 Å². The van der Waals surface area contributed by atoms with Crippen molar-refractivity contribution >= 4 is 27.7 Å². The normalized spacial score (nSPS) is 13.2. The summed E-state index contributed by atoms with van der Waals surface area (Å²) < 4.78 is 14.2. The molecule has 0 aliphatic carbocycles. The van der Waals surface area contributed by atoms with Crippen LogP contribution in [-0.2, 0) is 6.42 Å². The van der Waals surface area contributed by atoms with Crippen LogP contribution in [0.15, 0.2) is 35.3 Å². The molecule has 6 heteroatoms. The van der Waals surface area contributed by atoms with Crippen molar-refractivity contribution in [1.82, 2.24) is 10.3 Å². The van der Waals surface area contributed by atoms with Gasteiger partial charge in [-0.2, -0.15) is 4.39 Å². The fourth-order valence-electron chi connectivity index (χ4n) is 2.84. The van der Waals surface area contributed by atoms with Crippen molar-refractivity contribution in [3.8, 4) is 11.1 Å². The lowest BCUT2D eigenvalue weighted by Gasteiger charge is -2.20. The quantitative estimate of drug-likeness (QED) is 0.616. The molecule has 2 heterocycles. The second-order valence-corrected chi connectivity index (χ2v) is 6.51. The van der Waals surface area contributed by atoms with E-state index in [0.717, 1.165) is 28.7 Å². The van der Waals surface area contributed by atoms with Gasteiger partial charge < -0.3 is 10.6 Å². The molecule has 0 saturated carbocycles. The maximum atomic E-state index is 13.9. The molecule has 1 aromatic heterocycles. The van der Waals surface area contributed by atoms with Gasteiger partial charge in [0.2, 0.25) is 5.95 Å². The lowest BCUT2D eigenvalue weighted by Crippen LogP contribution is -2.31. The van der Waals surface area contributed by atoms with Gasteiger partial charge in [-0.3, -0.25) is 4.79 Å². The number of anilines is 1. The lowest BCUT2D eigenvalue weighted by molar-refractivity contribution is 0.0946. The standard InChI is InChI=1S/C18H17BrFN3O/c1-3-5-21-17-14(9-15(19)16(20)23-17)12-8-11-4-6-22-18(24)13(11)7-10(12)2/h3,7-9H,1,4-6H2,2H3,(H,21,23)(H,22,24). The summed E-state index contributed by atoms with van der Waals surface area (Å²) in [5, 5.41) is 5.92. The number of halogens is 2. The van der Waals surface area contributed by atoms with E-state index in [1.165, 1.54) is 0 Å². The van der Waals surface area contributed by atoms with Crippen LogP contribution in [0, 0.1) is 12.9 Å². The summed E-state index contributed by atoms with van der Waals surface area (Å²) in [5.74, 6) is -0.159. The SMILES string of the molecule is C=CCNc1nc(F)c(Br)cc1-c1cc2c(cc1C)C(=O)NCC2. The molecule has 0 bridgehead atoms. The first-order chi connectivity index (χ1) is 11.5. The lowest BCUT2D eigenvalue weighted by atomic mass is 9.91. The van der Waals surface area contributed by atoms with Crippen LogP contribution in [0.3, 0.4) is 0 Å². The zero-order valence-electron chi connectivity index (χ0n) is 13.2. The predicted molar refractivity (Wildman–Crippen MR) is 96.8 cm³/mol. The molecular weight excluding hydrogens is 373 g/mol. The van der Waals surface area contributed by atoms with E-state index in [-0.39, 0.29) is 5.91 Å². The molecule has 0 radical (unpaired) electrons. The minimum atomic E-state index is -0.569. The number of carbonyl (C=O) groups excluding carboxylic acids is 1. The maximum absolute atomic E-state index is 13.9. The van der Waals surface area contributed by atoms with Crippen molar-refractivity contribution in [3.05, 3.63) is 58.0 Å². The summed E-state index contributed by atoms with van der Waals surface area (Å²) in [5.41, 5.74) is 4.36. The third kappa shape index (κ3) is 3.06. The van der Waals surface area contributed by atoms with Crippen LogP contribution in [0.5, 0.6) is 0 Å². The fraction of sp³-hybridized carbons (Fsp3) is 0.222. The van der Waals surface area contributed by atoms with Gasteiger partial charge in [0.25, 0.3) is 5.91 Å². The number of fused-ring (bicyclic) bond motifs is 1. The van der Waals surface area contributed by atoms with E-state index in [1.54, 1.807) is 12.1 Å². The highest BCUT2D eigenvalue weighted by Crippen LogP contribution is 2.34. The van der Waals surface area contributed by atoms with E-state index in [9.17, 15) is 9.18 Å². The van der Waals surface area contributed by atoms with E-state index < -0.39 is 5.95 Å². The number of benzene rings is 1. The Bertz CT molecular complexity index is 835. The predicted octanol–water partition coefficient (Wildman–Crippen LogP) is 3.84. The van der Waals surface area contributed by atoms with Gasteiger partial charge in [0, 0.05) is 24.2 Å². The number of aromatic nitrogens is 1. The molecule has 0 fully saturated rings. The number of amides is 1. The Morgan fingerprint density at radius 3 is 2.92 bits per heavy atom. The van der Waals surface area contributed by atoms with Crippen molar-refractivity contribution in [1.29, 1.82) is 0 Å². The monoisotopic (exact) mass is 389 g/mol. The van der Waals surface area contributed by atoms with E-state index in [1.807, 2.05) is 19.1 Å². The molecule has 1 amide bonds. The van der Waals surface area contributed by atoms with Gasteiger partial charge in [-0.1, -0.05) is 6.08 Å². The third-order valence-electron chi connectivity index (χ3n) is 4.01. The Hall–Kier alpha value is -2.21. The van der Waals surface area contributed by atoms with Crippen molar-refractivity contribution in [3.63, 3.8) is 0 Å². The Balaban J connectivity index is 2.16. The zero-order valence-corrected chi connectivity index (χ0v) is 14.8. The Morgan fingerprint density at radius 1 is 1.38 bits per heavy atom. The number of rotatable bonds is 4. The molecule has 4 nitrogen and oxygen atoms in total. The first-order valence-electron chi connectivity index (χ1n) is 7.64. The number of nitrogens with zero attached hydrogens (tertiary/aromatic N) is 1. The molecule has 1 aliphatic heterocycles. The first-order valence-corrected chi connectivity index (χ1v) is 8.43. The van der Waals surface area contributed by atoms with Crippen LogP contribution >= 0.6 is 15.9 Å². The topological polar surface area (TPSA) is 54.0 Å². The second-order valence-electron chi connectivity index (χ2n) is 5.66. The zero-order chi connectivity index (χ0) is 17.3. The number of hydrogen-bond donors (Lipinski definition) is 2. The average molecular weight is 390 g/mol. The maximum Gasteiger partial charge on any atom is 0.251 e. The van der Waals surface area contributed by atoms with Gasteiger partial charge in [0.1, 0.15) is 5.82 Å². The molecule has 2 N–H and O–H groups in total. The minimum Gasteiger partial charge on any atom is -0.366 e. The van der Waals surface area contributed by atoms with Crippen molar-refractivity contribution in [2.24, 2.45) is 0 Å². The van der Waals surface area contributed by atoms with Crippen molar-refractivity contribution in [2.75, 3.05) is 18.4 Å². The van der Waals surface area contributed by atoms with Gasteiger partial charge in [0.15, 0.2) is 0 Å². The Morgan fingerprint density at radius 2 is 2.17 bits per heavy atom. The molecular formula is C18H17BrFN3O. The summed E-state index contributed by atoms with van der Waals surface area (Å²) in [7, 11) is 0. The highest BCUT2D eigenvalue weighted by molar-refractivity contribution is 9.10. The first kappa shape index (κ1) is 16.6. The van der Waals surface area contributed by atoms with Crippen LogP contribution in [0.25, 0.3) is 11.1 Å². The van der Waals surface area contributed by atoms with Gasteiger partial charge in [-0.05, 0) is 64.2 Å². The number of aryl methyl sites for hydroxylation is 1. The molecule has 0 saturated heterocycles. The highest BCUT2D eigenvalue weighted by atomic mass is 79.9. The minimum absolute atomic E-state index is 0.0469. The van der Waals surface area contributed by atoms with Crippen LogP contribution in [0.2, 0.25) is 0 Å². The van der Waals surface area contributed by atoms with Gasteiger partial charge >= 0.3 is 0 Å². The summed E-state index contributed by atoms with van der Waals surface area (Å²) in [6.07, 6.45) is 2.47. The van der Waals surface area contributed by atoms with E-state index >= 15 is 0 Å². The summed E-state index contributed by atoms with van der Waals surface area (Å²) >= 11 is 3.21. The average Bonchev–Trinajstić information content (AvgIpc) is 2.56. The molecule has 0 atom stereocenters. The molecule has 0 unspecified atom stereocenters. The van der Waals surface area contributed by atoms with Crippen LogP contribution in [-0.4, -0.2) is 24.0 Å². The molecule has 2 aromatic rings. The molecule has 124 valence electrons. The Kier molecular flexibility index (Phi) is 4.66. The van der Waals surface area contributed by atoms with Gasteiger partial charge in [-0.25, -0.2) is 4.98 Å². The van der Waals surface area contributed by atoms with Crippen LogP contribution < -0.4 is 10.6 Å². The molecule has 1 aliphatic rings.